The Morgan fingerprint density at radius 1 is 0.372 bits per heavy atom. The van der Waals surface area contributed by atoms with Gasteiger partial charge in [0, 0.05) is 19.3 Å². The number of hydrogen-bond donors (Lipinski definition) is 2. The van der Waals surface area contributed by atoms with Crippen LogP contribution in [0.15, 0.2) is 85.1 Å². The van der Waals surface area contributed by atoms with Gasteiger partial charge in [-0.2, -0.15) is 0 Å². The molecule has 0 aliphatic carbocycles. The summed E-state index contributed by atoms with van der Waals surface area (Å²) in [7, 11) is -4.76. The maximum absolute atomic E-state index is 12.9. The van der Waals surface area contributed by atoms with Crippen LogP contribution in [-0.2, 0) is 42.2 Å². The fourth-order valence-corrected chi connectivity index (χ4v) is 9.27. The number of ether oxygens (including phenoxy) is 3. The lowest BCUT2D eigenvalue weighted by molar-refractivity contribution is -0.161. The number of carbonyl (C=O) groups is 3. The molecular weight excluding hydrogens is 1000 g/mol. The van der Waals surface area contributed by atoms with E-state index < -0.39 is 57.8 Å². The predicted octanol–water partition coefficient (Wildman–Crippen LogP) is 19.0. The molecule has 0 aliphatic heterocycles. The van der Waals surface area contributed by atoms with Crippen LogP contribution in [0.1, 0.15) is 278 Å². The van der Waals surface area contributed by atoms with Crippen LogP contribution in [-0.4, -0.2) is 66.5 Å². The van der Waals surface area contributed by atoms with E-state index in [2.05, 4.69) is 106 Å². The molecule has 0 fully saturated rings. The lowest BCUT2D eigenvalue weighted by atomic mass is 10.1. The van der Waals surface area contributed by atoms with Crippen LogP contribution in [0.25, 0.3) is 0 Å². The highest BCUT2D eigenvalue weighted by Gasteiger charge is 2.28. The minimum absolute atomic E-state index is 0.154. The number of hydrogen-bond acceptors (Lipinski definition) is 10. The standard InChI is InChI=1S/C66H115O11P/c1-4-7-10-13-16-19-22-25-28-30-31-33-35-37-40-43-46-49-52-55-64(68)73-59-63(77-66(70)57-54-51-48-45-42-39-36-32-29-26-23-20-17-14-11-8-5-2)61-75-78(71,72)74-60-62(58-67)76-65(69)56-53-50-47-44-41-38-34-27-24-21-18-15-12-9-6-3/h9,12,16-21,25-29,34,62-63,67H,4-8,10-11,13-15,22-24,30-33,35-61H2,1-3H3,(H,71,72)/b12-9-,19-16-,20-17-,21-18-,28-25-,29-26-,34-27-. The molecular formula is C66H115O11P. The van der Waals surface area contributed by atoms with E-state index in [0.29, 0.717) is 19.3 Å². The molecule has 450 valence electrons. The first kappa shape index (κ1) is 74.7. The molecule has 0 aromatic carbocycles. The van der Waals surface area contributed by atoms with E-state index in [1.165, 1.54) is 96.3 Å². The number of esters is 3. The van der Waals surface area contributed by atoms with Crippen molar-refractivity contribution in [2.24, 2.45) is 0 Å². The maximum atomic E-state index is 12.9. The molecule has 2 N–H and O–H groups in total. The SMILES string of the molecule is CC/C=C\C/C=C\C/C=C\CCCCCCCC(=O)OC(CO)COP(=O)(O)OCC(COC(=O)CCCCCCCCCCC/C=C\C/C=C\CCCCC)OC(=O)CCCCCCCCC/C=C\C/C=C\CCCCC. The molecule has 3 atom stereocenters. The van der Waals surface area contributed by atoms with E-state index in [4.69, 9.17) is 23.3 Å². The monoisotopic (exact) mass is 1110 g/mol. The van der Waals surface area contributed by atoms with Crippen molar-refractivity contribution >= 4 is 25.7 Å². The summed E-state index contributed by atoms with van der Waals surface area (Å²) in [6, 6.07) is 0. The number of aliphatic hydroxyl groups excluding tert-OH is 1. The fourth-order valence-electron chi connectivity index (χ4n) is 8.49. The van der Waals surface area contributed by atoms with E-state index in [1.54, 1.807) is 0 Å². The van der Waals surface area contributed by atoms with Crippen LogP contribution < -0.4 is 0 Å². The summed E-state index contributed by atoms with van der Waals surface area (Å²) >= 11 is 0. The molecule has 0 aliphatic rings. The third-order valence-corrected chi connectivity index (χ3v) is 14.2. The van der Waals surface area contributed by atoms with Crippen molar-refractivity contribution in [1.82, 2.24) is 0 Å². The van der Waals surface area contributed by atoms with Gasteiger partial charge in [-0.3, -0.25) is 23.4 Å². The zero-order chi connectivity index (χ0) is 56.9. The third-order valence-electron chi connectivity index (χ3n) is 13.3. The molecule has 0 bridgehead atoms. The molecule has 0 saturated heterocycles. The lowest BCUT2D eigenvalue weighted by Gasteiger charge is -2.21. The normalized spacial score (nSPS) is 13.9. The smallest absolute Gasteiger partial charge is 0.462 e. The first-order valence-corrected chi connectivity index (χ1v) is 33.0. The summed E-state index contributed by atoms with van der Waals surface area (Å²) in [6.45, 7) is 4.48. The van der Waals surface area contributed by atoms with Crippen molar-refractivity contribution in [3.8, 4) is 0 Å². The molecule has 78 heavy (non-hydrogen) atoms. The quantitative estimate of drug-likeness (QED) is 0.0197. The number of unbranched alkanes of at least 4 members (excludes halogenated alkanes) is 27. The largest absolute Gasteiger partial charge is 0.472 e. The summed E-state index contributed by atoms with van der Waals surface area (Å²) in [5.74, 6) is -1.49. The summed E-state index contributed by atoms with van der Waals surface area (Å²) in [4.78, 5) is 48.7. The number of allylic oxidation sites excluding steroid dienone is 14. The van der Waals surface area contributed by atoms with Gasteiger partial charge < -0.3 is 24.2 Å². The van der Waals surface area contributed by atoms with E-state index in [9.17, 15) is 28.9 Å². The average Bonchev–Trinajstić information content (AvgIpc) is 3.43. The van der Waals surface area contributed by atoms with Gasteiger partial charge in [0.15, 0.2) is 6.10 Å². The van der Waals surface area contributed by atoms with Gasteiger partial charge in [0.25, 0.3) is 0 Å². The second-order valence-corrected chi connectivity index (χ2v) is 22.3. The Balaban J connectivity index is 4.73. The molecule has 3 unspecified atom stereocenters. The predicted molar refractivity (Wildman–Crippen MR) is 325 cm³/mol. The van der Waals surface area contributed by atoms with Gasteiger partial charge >= 0.3 is 25.7 Å². The molecule has 0 amide bonds. The molecule has 0 heterocycles. The maximum Gasteiger partial charge on any atom is 0.472 e. The minimum atomic E-state index is -4.76. The average molecular weight is 1120 g/mol. The van der Waals surface area contributed by atoms with Gasteiger partial charge in [-0.1, -0.05) is 228 Å². The summed E-state index contributed by atoms with van der Waals surface area (Å²) in [6.07, 6.45) is 69.6. The van der Waals surface area contributed by atoms with Crippen LogP contribution in [0.4, 0.5) is 0 Å². The van der Waals surface area contributed by atoms with Crippen molar-refractivity contribution < 1.29 is 52.2 Å². The van der Waals surface area contributed by atoms with Crippen LogP contribution in [0.2, 0.25) is 0 Å². The Kier molecular flexibility index (Phi) is 57.2. The molecule has 0 aromatic rings. The minimum Gasteiger partial charge on any atom is -0.462 e. The van der Waals surface area contributed by atoms with Gasteiger partial charge in [-0.25, -0.2) is 4.57 Å². The fraction of sp³-hybridized carbons (Fsp3) is 0.742. The molecule has 11 nitrogen and oxygen atoms in total. The Hall–Kier alpha value is -3.34. The number of rotatable bonds is 58. The van der Waals surface area contributed by atoms with Gasteiger partial charge in [0.2, 0.25) is 0 Å². The van der Waals surface area contributed by atoms with Crippen molar-refractivity contribution in [2.75, 3.05) is 26.4 Å². The summed E-state index contributed by atoms with van der Waals surface area (Å²) < 4.78 is 39.6. The van der Waals surface area contributed by atoms with Crippen molar-refractivity contribution in [3.63, 3.8) is 0 Å². The number of phosphoric acid groups is 1. The van der Waals surface area contributed by atoms with Gasteiger partial charge in [0.05, 0.1) is 19.8 Å². The van der Waals surface area contributed by atoms with Crippen LogP contribution >= 0.6 is 7.82 Å². The van der Waals surface area contributed by atoms with E-state index in [0.717, 1.165) is 122 Å². The molecule has 0 saturated carbocycles. The van der Waals surface area contributed by atoms with Crippen molar-refractivity contribution in [3.05, 3.63) is 85.1 Å². The topological polar surface area (TPSA) is 155 Å². The molecule has 0 radical (unpaired) electrons. The molecule has 12 heteroatoms. The van der Waals surface area contributed by atoms with Gasteiger partial charge in [-0.15, -0.1) is 0 Å². The van der Waals surface area contributed by atoms with E-state index >= 15 is 0 Å². The zero-order valence-corrected chi connectivity index (χ0v) is 50.8. The van der Waals surface area contributed by atoms with E-state index in [1.807, 2.05) is 0 Å². The highest BCUT2D eigenvalue weighted by Crippen LogP contribution is 2.43. The third kappa shape index (κ3) is 57.3. The Morgan fingerprint density at radius 3 is 1.03 bits per heavy atom. The Morgan fingerprint density at radius 2 is 0.667 bits per heavy atom. The zero-order valence-electron chi connectivity index (χ0n) is 49.9. The summed E-state index contributed by atoms with van der Waals surface area (Å²) in [5.41, 5.74) is 0. The van der Waals surface area contributed by atoms with Gasteiger partial charge in [0.1, 0.15) is 12.7 Å². The van der Waals surface area contributed by atoms with Crippen LogP contribution in [0, 0.1) is 0 Å². The first-order valence-electron chi connectivity index (χ1n) is 31.5. The summed E-state index contributed by atoms with van der Waals surface area (Å²) in [5, 5.41) is 9.84. The van der Waals surface area contributed by atoms with Crippen LogP contribution in [0.3, 0.4) is 0 Å². The van der Waals surface area contributed by atoms with Crippen molar-refractivity contribution in [1.29, 1.82) is 0 Å². The Bertz CT molecular complexity index is 1630. The molecule has 0 spiro atoms. The van der Waals surface area contributed by atoms with Crippen LogP contribution in [0.5, 0.6) is 0 Å². The number of aliphatic hydroxyl groups is 1. The lowest BCUT2D eigenvalue weighted by Crippen LogP contribution is -2.30. The second-order valence-electron chi connectivity index (χ2n) is 20.8. The molecule has 0 rings (SSSR count). The highest BCUT2D eigenvalue weighted by atomic mass is 31.2. The molecule has 0 aromatic heterocycles. The first-order chi connectivity index (χ1) is 38.2. The van der Waals surface area contributed by atoms with Gasteiger partial charge in [-0.05, 0) is 116 Å². The van der Waals surface area contributed by atoms with Crippen molar-refractivity contribution in [2.45, 2.75) is 290 Å². The Labute approximate surface area is 477 Å². The highest BCUT2D eigenvalue weighted by molar-refractivity contribution is 7.47. The number of phosphoric ester groups is 1. The second kappa shape index (κ2) is 59.8. The number of carbonyl (C=O) groups excluding carboxylic acids is 3. The van der Waals surface area contributed by atoms with E-state index in [-0.39, 0.29) is 25.9 Å².